The number of hydrogen-bond donors (Lipinski definition) is 1. The van der Waals surface area contributed by atoms with E-state index >= 15 is 0 Å². The van der Waals surface area contributed by atoms with Gasteiger partial charge in [-0.3, -0.25) is 4.79 Å². The van der Waals surface area contributed by atoms with E-state index in [9.17, 15) is 4.79 Å². The Morgan fingerprint density at radius 1 is 1.56 bits per heavy atom. The lowest BCUT2D eigenvalue weighted by Gasteiger charge is -2.16. The molecule has 16 heavy (non-hydrogen) atoms. The SMILES string of the molecule is C#CC(C)(C)[NH2+]CCC(=O)C1=CCCCC1. The summed E-state index contributed by atoms with van der Waals surface area (Å²) in [5, 5.41) is 2.06. The quantitative estimate of drug-likeness (QED) is 0.699. The van der Waals surface area contributed by atoms with Gasteiger partial charge in [0.2, 0.25) is 0 Å². The van der Waals surface area contributed by atoms with Crippen LogP contribution in [0, 0.1) is 12.3 Å². The van der Waals surface area contributed by atoms with Gasteiger partial charge in [0.1, 0.15) is 0 Å². The molecule has 0 fully saturated rings. The molecule has 0 aliphatic heterocycles. The zero-order chi connectivity index (χ0) is 12.0. The number of carbonyl (C=O) groups is 1. The van der Waals surface area contributed by atoms with Crippen molar-refractivity contribution in [1.29, 1.82) is 0 Å². The molecule has 1 rings (SSSR count). The number of rotatable bonds is 5. The van der Waals surface area contributed by atoms with Crippen molar-refractivity contribution in [1.82, 2.24) is 0 Å². The molecule has 0 unspecified atom stereocenters. The highest BCUT2D eigenvalue weighted by atomic mass is 16.1. The molecule has 2 heteroatoms. The van der Waals surface area contributed by atoms with E-state index in [0.29, 0.717) is 12.2 Å². The molecule has 2 N–H and O–H groups in total. The Morgan fingerprint density at radius 2 is 2.31 bits per heavy atom. The zero-order valence-corrected chi connectivity index (χ0v) is 10.4. The molecular formula is C14H22NO+. The van der Waals surface area contributed by atoms with Gasteiger partial charge >= 0.3 is 0 Å². The second-order valence-electron chi connectivity index (χ2n) is 5.01. The van der Waals surface area contributed by atoms with Crippen molar-refractivity contribution < 1.29 is 10.1 Å². The maximum absolute atomic E-state index is 11.8. The molecule has 1 aliphatic carbocycles. The van der Waals surface area contributed by atoms with Gasteiger partial charge in [0.05, 0.1) is 13.0 Å². The van der Waals surface area contributed by atoms with E-state index in [2.05, 4.69) is 17.3 Å². The van der Waals surface area contributed by atoms with E-state index in [1.165, 1.54) is 6.42 Å². The van der Waals surface area contributed by atoms with Crippen LogP contribution in [0.5, 0.6) is 0 Å². The minimum absolute atomic E-state index is 0.193. The average molecular weight is 220 g/mol. The number of ketones is 1. The number of Topliss-reactive ketones (excluding diaryl/α,β-unsaturated/α-hetero) is 1. The van der Waals surface area contributed by atoms with E-state index in [4.69, 9.17) is 6.42 Å². The second kappa shape index (κ2) is 5.86. The first-order chi connectivity index (χ1) is 7.55. The first-order valence-electron chi connectivity index (χ1n) is 6.09. The molecule has 0 saturated heterocycles. The summed E-state index contributed by atoms with van der Waals surface area (Å²) in [5.41, 5.74) is 0.847. The number of allylic oxidation sites excluding steroid dienone is 2. The third-order valence-electron chi connectivity index (χ3n) is 3.05. The van der Waals surface area contributed by atoms with Crippen molar-refractivity contribution in [3.05, 3.63) is 11.6 Å². The van der Waals surface area contributed by atoms with E-state index in [0.717, 1.165) is 31.4 Å². The summed E-state index contributed by atoms with van der Waals surface area (Å²) in [5.74, 6) is 3.02. The van der Waals surface area contributed by atoms with E-state index < -0.39 is 0 Å². The van der Waals surface area contributed by atoms with Gasteiger partial charge in [0, 0.05) is 13.8 Å². The average Bonchev–Trinajstić information content (AvgIpc) is 2.30. The van der Waals surface area contributed by atoms with Crippen LogP contribution in [0.15, 0.2) is 11.6 Å². The van der Waals surface area contributed by atoms with Crippen molar-refractivity contribution in [3.63, 3.8) is 0 Å². The highest BCUT2D eigenvalue weighted by Crippen LogP contribution is 2.18. The first kappa shape index (κ1) is 13.0. The monoisotopic (exact) mass is 220 g/mol. The van der Waals surface area contributed by atoms with Crippen molar-refractivity contribution in [3.8, 4) is 12.3 Å². The largest absolute Gasteiger partial charge is 0.331 e. The smallest absolute Gasteiger partial charge is 0.164 e. The van der Waals surface area contributed by atoms with Crippen molar-refractivity contribution in [2.24, 2.45) is 0 Å². The molecule has 1 aliphatic rings. The fourth-order valence-corrected chi connectivity index (χ4v) is 1.87. The Hall–Kier alpha value is -1.07. The molecular weight excluding hydrogens is 198 g/mol. The van der Waals surface area contributed by atoms with Gasteiger partial charge in [-0.15, -0.1) is 6.42 Å². The number of terminal acetylenes is 1. The fraction of sp³-hybridized carbons (Fsp3) is 0.643. The number of carbonyl (C=O) groups excluding carboxylic acids is 1. The Morgan fingerprint density at radius 3 is 2.88 bits per heavy atom. The van der Waals surface area contributed by atoms with Crippen LogP contribution in [0.2, 0.25) is 0 Å². The molecule has 88 valence electrons. The predicted octanol–water partition coefficient (Wildman–Crippen LogP) is 1.42. The minimum Gasteiger partial charge on any atom is -0.331 e. The third-order valence-corrected chi connectivity index (χ3v) is 3.05. The molecule has 0 aromatic heterocycles. The molecule has 0 radical (unpaired) electrons. The van der Waals surface area contributed by atoms with Crippen LogP contribution < -0.4 is 5.32 Å². The first-order valence-corrected chi connectivity index (χ1v) is 6.09. The van der Waals surface area contributed by atoms with Gasteiger partial charge in [-0.1, -0.05) is 6.08 Å². The number of hydrogen-bond acceptors (Lipinski definition) is 1. The summed E-state index contributed by atoms with van der Waals surface area (Å²) >= 11 is 0. The molecule has 2 nitrogen and oxygen atoms in total. The molecule has 0 aromatic carbocycles. The summed E-state index contributed by atoms with van der Waals surface area (Å²) in [4.78, 5) is 11.8. The van der Waals surface area contributed by atoms with Gasteiger partial charge in [-0.2, -0.15) is 0 Å². The van der Waals surface area contributed by atoms with Crippen LogP contribution in [0.4, 0.5) is 0 Å². The minimum atomic E-state index is -0.193. The lowest BCUT2D eigenvalue weighted by molar-refractivity contribution is -0.705. The van der Waals surface area contributed by atoms with E-state index in [1.807, 2.05) is 13.8 Å². The van der Waals surface area contributed by atoms with E-state index in [-0.39, 0.29) is 5.54 Å². The van der Waals surface area contributed by atoms with Crippen molar-refractivity contribution >= 4 is 5.78 Å². The van der Waals surface area contributed by atoms with Crippen LogP contribution in [-0.2, 0) is 4.79 Å². The Labute approximate surface area is 98.5 Å². The van der Waals surface area contributed by atoms with Gasteiger partial charge in [0.15, 0.2) is 11.3 Å². The highest BCUT2D eigenvalue weighted by Gasteiger charge is 2.18. The Kier molecular flexibility index (Phi) is 4.76. The molecule has 0 heterocycles. The van der Waals surface area contributed by atoms with Gasteiger partial charge < -0.3 is 5.32 Å². The van der Waals surface area contributed by atoms with Crippen LogP contribution in [0.1, 0.15) is 46.0 Å². The zero-order valence-electron chi connectivity index (χ0n) is 10.4. The summed E-state index contributed by atoms with van der Waals surface area (Å²) in [6.45, 7) is 4.78. The Balaban J connectivity index is 2.31. The van der Waals surface area contributed by atoms with Crippen molar-refractivity contribution in [2.75, 3.05) is 6.54 Å². The standard InChI is InChI=1S/C14H21NO/c1-4-14(2,3)15-11-10-13(16)12-8-6-5-7-9-12/h1,8,15H,5-7,9-11H2,2-3H3/p+1. The summed E-state index contributed by atoms with van der Waals surface area (Å²) in [6.07, 6.45) is 12.5. The Bertz CT molecular complexity index is 320. The molecule has 0 saturated carbocycles. The molecule has 0 spiro atoms. The third kappa shape index (κ3) is 4.20. The van der Waals surface area contributed by atoms with Gasteiger partial charge in [-0.05, 0) is 37.2 Å². The lowest BCUT2D eigenvalue weighted by Crippen LogP contribution is -2.95. The predicted molar refractivity (Wildman–Crippen MR) is 65.9 cm³/mol. The summed E-state index contributed by atoms with van der Waals surface area (Å²) in [7, 11) is 0. The maximum atomic E-state index is 11.8. The topological polar surface area (TPSA) is 33.7 Å². The van der Waals surface area contributed by atoms with Crippen LogP contribution >= 0.6 is 0 Å². The van der Waals surface area contributed by atoms with Crippen molar-refractivity contribution in [2.45, 2.75) is 51.5 Å². The normalized spacial score (nSPS) is 16.4. The summed E-state index contributed by atoms with van der Waals surface area (Å²) in [6, 6.07) is 0. The van der Waals surface area contributed by atoms with Gasteiger partial charge in [-0.25, -0.2) is 0 Å². The number of quaternary nitrogens is 1. The maximum Gasteiger partial charge on any atom is 0.164 e. The number of nitrogens with two attached hydrogens (primary N) is 1. The lowest BCUT2D eigenvalue weighted by atomic mass is 9.95. The highest BCUT2D eigenvalue weighted by molar-refractivity contribution is 5.95. The molecule has 0 atom stereocenters. The van der Waals surface area contributed by atoms with Gasteiger partial charge in [0.25, 0.3) is 0 Å². The molecule has 0 amide bonds. The summed E-state index contributed by atoms with van der Waals surface area (Å²) < 4.78 is 0. The fourth-order valence-electron chi connectivity index (χ4n) is 1.87. The van der Waals surface area contributed by atoms with Crippen LogP contribution in [-0.4, -0.2) is 17.9 Å². The molecule has 0 aromatic rings. The molecule has 0 bridgehead atoms. The van der Waals surface area contributed by atoms with E-state index in [1.54, 1.807) is 0 Å². The second-order valence-corrected chi connectivity index (χ2v) is 5.01. The van der Waals surface area contributed by atoms with Crippen LogP contribution in [0.25, 0.3) is 0 Å². The van der Waals surface area contributed by atoms with Crippen LogP contribution in [0.3, 0.4) is 0 Å².